The Kier molecular flexibility index (Phi) is 7.34. The molecule has 0 aromatic heterocycles. The topological polar surface area (TPSA) is 91.0 Å². The van der Waals surface area contributed by atoms with Crippen LogP contribution in [0.2, 0.25) is 0 Å². The van der Waals surface area contributed by atoms with Gasteiger partial charge < -0.3 is 25.1 Å². The Bertz CT molecular complexity index is 484. The van der Waals surface area contributed by atoms with E-state index in [1.165, 1.54) is 0 Å². The van der Waals surface area contributed by atoms with Crippen LogP contribution in [0.5, 0.6) is 17.2 Å². The van der Waals surface area contributed by atoms with Crippen LogP contribution in [0.1, 0.15) is 12.5 Å². The summed E-state index contributed by atoms with van der Waals surface area (Å²) in [5.74, 6) is 2.17. The number of hydrogen-bond acceptors (Lipinski definition) is 6. The fraction of sp³-hybridized carbons (Fsp3) is 0.533. The van der Waals surface area contributed by atoms with Crippen molar-refractivity contribution in [3.05, 3.63) is 17.7 Å². The van der Waals surface area contributed by atoms with E-state index in [9.17, 15) is 4.79 Å². The van der Waals surface area contributed by atoms with Gasteiger partial charge in [-0.3, -0.25) is 4.79 Å². The molecule has 0 radical (unpaired) electrons. The molecule has 2 unspecified atom stereocenters. The minimum absolute atomic E-state index is 0.127. The van der Waals surface area contributed by atoms with Crippen LogP contribution in [0.3, 0.4) is 0 Å². The molecule has 0 fully saturated rings. The predicted molar refractivity (Wildman–Crippen MR) is 87.0 cm³/mol. The second-order valence-corrected chi connectivity index (χ2v) is 5.90. The van der Waals surface area contributed by atoms with E-state index >= 15 is 0 Å². The zero-order chi connectivity index (χ0) is 16.7. The monoisotopic (exact) mass is 329 g/mol. The van der Waals surface area contributed by atoms with Gasteiger partial charge in [0.1, 0.15) is 23.3 Å². The van der Waals surface area contributed by atoms with Crippen LogP contribution in [-0.4, -0.2) is 44.2 Å². The van der Waals surface area contributed by atoms with Crippen LogP contribution in [0.25, 0.3) is 0 Å². The highest BCUT2D eigenvalue weighted by Crippen LogP contribution is 2.36. The Labute approximate surface area is 134 Å². The summed E-state index contributed by atoms with van der Waals surface area (Å²) < 4.78 is 16.0. The summed E-state index contributed by atoms with van der Waals surface area (Å²) in [6, 6.07) is 2.74. The molecular weight excluding hydrogens is 306 g/mol. The Hall–Kier alpha value is -1.60. The maximum Gasteiger partial charge on any atom is 0.320 e. The molecule has 1 aromatic rings. The number of carboxylic acids is 1. The van der Waals surface area contributed by atoms with E-state index in [0.717, 1.165) is 5.56 Å². The molecule has 0 bridgehead atoms. The number of rotatable bonds is 9. The van der Waals surface area contributed by atoms with E-state index in [1.54, 1.807) is 45.2 Å². The molecule has 2 atom stereocenters. The normalized spacial score (nSPS) is 13.3. The molecule has 6 nitrogen and oxygen atoms in total. The van der Waals surface area contributed by atoms with Crippen LogP contribution in [0.4, 0.5) is 0 Å². The van der Waals surface area contributed by atoms with Gasteiger partial charge in [-0.15, -0.1) is 0 Å². The first-order valence-electron chi connectivity index (χ1n) is 6.79. The molecule has 124 valence electrons. The molecule has 0 aliphatic heterocycles. The fourth-order valence-electron chi connectivity index (χ4n) is 1.91. The molecule has 1 rings (SSSR count). The predicted octanol–water partition coefficient (Wildman–Crippen LogP) is 1.99. The second-order valence-electron chi connectivity index (χ2n) is 4.87. The van der Waals surface area contributed by atoms with Crippen LogP contribution in [0.15, 0.2) is 12.1 Å². The van der Waals surface area contributed by atoms with Crippen molar-refractivity contribution < 1.29 is 24.1 Å². The zero-order valence-corrected chi connectivity index (χ0v) is 14.1. The van der Waals surface area contributed by atoms with Crippen LogP contribution in [-0.2, 0) is 10.5 Å². The molecule has 7 heteroatoms. The first-order valence-corrected chi connectivity index (χ1v) is 7.95. The van der Waals surface area contributed by atoms with Crippen molar-refractivity contribution >= 4 is 17.7 Å². The summed E-state index contributed by atoms with van der Waals surface area (Å²) in [5.41, 5.74) is 6.52. The Morgan fingerprint density at radius 3 is 2.18 bits per heavy atom. The minimum Gasteiger partial charge on any atom is -0.496 e. The number of ether oxygens (including phenoxy) is 3. The molecule has 0 aliphatic carbocycles. The van der Waals surface area contributed by atoms with Gasteiger partial charge in [-0.05, 0) is 11.7 Å². The van der Waals surface area contributed by atoms with E-state index in [-0.39, 0.29) is 5.92 Å². The summed E-state index contributed by atoms with van der Waals surface area (Å²) in [7, 11) is 4.76. The van der Waals surface area contributed by atoms with Gasteiger partial charge in [-0.2, -0.15) is 11.8 Å². The van der Waals surface area contributed by atoms with Gasteiger partial charge in [0.25, 0.3) is 0 Å². The molecule has 1 aromatic carbocycles. The highest BCUT2D eigenvalue weighted by Gasteiger charge is 2.20. The molecule has 0 aliphatic rings. The lowest BCUT2D eigenvalue weighted by molar-refractivity contribution is -0.139. The standard InChI is InChI=1S/C15H23NO5S/c1-9(14(16)15(17)18)7-22-8-11-12(20-3)5-10(19-2)6-13(11)21-4/h5-6,9,14H,7-8,16H2,1-4H3,(H,17,18). The number of carboxylic acid groups (broad SMARTS) is 1. The molecular formula is C15H23NO5S. The molecule has 0 spiro atoms. The Morgan fingerprint density at radius 2 is 1.77 bits per heavy atom. The van der Waals surface area contributed by atoms with Gasteiger partial charge in [0.2, 0.25) is 0 Å². The number of hydrogen-bond donors (Lipinski definition) is 2. The third-order valence-electron chi connectivity index (χ3n) is 3.34. The van der Waals surface area contributed by atoms with Gasteiger partial charge >= 0.3 is 5.97 Å². The maximum atomic E-state index is 10.9. The number of aliphatic carboxylic acids is 1. The zero-order valence-electron chi connectivity index (χ0n) is 13.3. The molecule has 3 N–H and O–H groups in total. The van der Waals surface area contributed by atoms with Crippen molar-refractivity contribution in [2.24, 2.45) is 11.7 Å². The van der Waals surface area contributed by atoms with E-state index in [1.807, 2.05) is 6.92 Å². The van der Waals surface area contributed by atoms with Gasteiger partial charge in [0.15, 0.2) is 0 Å². The number of methoxy groups -OCH3 is 3. The maximum absolute atomic E-state index is 10.9. The van der Waals surface area contributed by atoms with E-state index in [4.69, 9.17) is 25.1 Å². The summed E-state index contributed by atoms with van der Waals surface area (Å²) >= 11 is 1.59. The Balaban J connectivity index is 2.78. The summed E-state index contributed by atoms with van der Waals surface area (Å²) in [5, 5.41) is 8.90. The van der Waals surface area contributed by atoms with Gasteiger partial charge in [0.05, 0.1) is 21.3 Å². The third-order valence-corrected chi connectivity index (χ3v) is 4.60. The average Bonchev–Trinajstić information content (AvgIpc) is 2.53. The third kappa shape index (κ3) is 4.71. The van der Waals surface area contributed by atoms with Crippen molar-refractivity contribution in [1.82, 2.24) is 0 Å². The van der Waals surface area contributed by atoms with Crippen molar-refractivity contribution in [2.75, 3.05) is 27.1 Å². The summed E-state index contributed by atoms with van der Waals surface area (Å²) in [6.07, 6.45) is 0. The first-order chi connectivity index (χ1) is 10.4. The van der Waals surface area contributed by atoms with Gasteiger partial charge in [-0.1, -0.05) is 6.92 Å². The van der Waals surface area contributed by atoms with Crippen LogP contribution in [0, 0.1) is 5.92 Å². The number of nitrogens with two attached hydrogens (primary N) is 1. The van der Waals surface area contributed by atoms with Crippen molar-refractivity contribution in [3.63, 3.8) is 0 Å². The van der Waals surface area contributed by atoms with E-state index in [0.29, 0.717) is 28.8 Å². The highest BCUT2D eigenvalue weighted by molar-refractivity contribution is 7.98. The quantitative estimate of drug-likeness (QED) is 0.716. The molecule has 0 saturated carbocycles. The highest BCUT2D eigenvalue weighted by atomic mass is 32.2. The largest absolute Gasteiger partial charge is 0.496 e. The summed E-state index contributed by atoms with van der Waals surface area (Å²) in [4.78, 5) is 10.9. The van der Waals surface area contributed by atoms with Crippen LogP contribution < -0.4 is 19.9 Å². The molecule has 0 heterocycles. The smallest absolute Gasteiger partial charge is 0.320 e. The van der Waals surface area contributed by atoms with Crippen molar-refractivity contribution in [1.29, 1.82) is 0 Å². The molecule has 0 amide bonds. The van der Waals surface area contributed by atoms with Gasteiger partial charge in [0, 0.05) is 23.4 Å². The lowest BCUT2D eigenvalue weighted by atomic mass is 10.1. The number of carbonyl (C=O) groups is 1. The van der Waals surface area contributed by atoms with E-state index < -0.39 is 12.0 Å². The fourth-order valence-corrected chi connectivity index (χ4v) is 3.10. The van der Waals surface area contributed by atoms with Crippen LogP contribution >= 0.6 is 11.8 Å². The lowest BCUT2D eigenvalue weighted by Crippen LogP contribution is -2.37. The minimum atomic E-state index is -0.979. The molecule has 0 saturated heterocycles. The lowest BCUT2D eigenvalue weighted by Gasteiger charge is -2.17. The SMILES string of the molecule is COc1cc(OC)c(CSCC(C)C(N)C(=O)O)c(OC)c1. The number of thioether (sulfide) groups is 1. The average molecular weight is 329 g/mol. The van der Waals surface area contributed by atoms with Crippen molar-refractivity contribution in [3.8, 4) is 17.2 Å². The second kappa shape index (κ2) is 8.75. The van der Waals surface area contributed by atoms with Crippen molar-refractivity contribution in [2.45, 2.75) is 18.7 Å². The summed E-state index contributed by atoms with van der Waals surface area (Å²) in [6.45, 7) is 1.83. The first kappa shape index (κ1) is 18.4. The van der Waals surface area contributed by atoms with Gasteiger partial charge in [-0.25, -0.2) is 0 Å². The number of benzene rings is 1. The van der Waals surface area contributed by atoms with E-state index in [2.05, 4.69) is 0 Å². The molecule has 22 heavy (non-hydrogen) atoms. The Morgan fingerprint density at radius 1 is 1.23 bits per heavy atom.